The molecule has 2 aromatic rings. The van der Waals surface area contributed by atoms with Crippen LogP contribution in [0.3, 0.4) is 0 Å². The Balaban J connectivity index is 2.10. The molecule has 0 aliphatic heterocycles. The summed E-state index contributed by atoms with van der Waals surface area (Å²) in [7, 11) is 0. The van der Waals surface area contributed by atoms with Crippen LogP contribution in [0.5, 0.6) is 0 Å². The maximum Gasteiger partial charge on any atom is 0.227 e. The fourth-order valence-electron chi connectivity index (χ4n) is 3.53. The SMILES string of the molecule is O=C1C[C@@H](c2ccccc2Cl)C([N+](=O)[O-])[C@H](c2ccccc2Cl)C1. The van der Waals surface area contributed by atoms with E-state index in [9.17, 15) is 14.9 Å². The van der Waals surface area contributed by atoms with Crippen molar-refractivity contribution >= 4 is 29.0 Å². The Hall–Kier alpha value is -1.91. The van der Waals surface area contributed by atoms with Gasteiger partial charge in [0.15, 0.2) is 0 Å². The van der Waals surface area contributed by atoms with E-state index in [0.717, 1.165) is 0 Å². The third-order valence-corrected chi connectivity index (χ3v) is 5.26. The Labute approximate surface area is 149 Å². The number of hydrogen-bond acceptors (Lipinski definition) is 3. The summed E-state index contributed by atoms with van der Waals surface area (Å²) in [6.07, 6.45) is 0.243. The van der Waals surface area contributed by atoms with Gasteiger partial charge in [-0.25, -0.2) is 0 Å². The lowest BCUT2D eigenvalue weighted by molar-refractivity contribution is -0.532. The number of rotatable bonds is 3. The molecule has 0 saturated heterocycles. The molecule has 2 atom stereocenters. The fourth-order valence-corrected chi connectivity index (χ4v) is 4.08. The highest BCUT2D eigenvalue weighted by Gasteiger charge is 2.47. The number of halogens is 2. The molecule has 1 aliphatic carbocycles. The van der Waals surface area contributed by atoms with Gasteiger partial charge in [-0.15, -0.1) is 0 Å². The monoisotopic (exact) mass is 363 g/mol. The summed E-state index contributed by atoms with van der Waals surface area (Å²) in [5.41, 5.74) is 1.29. The van der Waals surface area contributed by atoms with Crippen molar-refractivity contribution in [3.63, 3.8) is 0 Å². The molecule has 0 bridgehead atoms. The number of nitrogens with zero attached hydrogens (tertiary/aromatic N) is 1. The minimum atomic E-state index is -0.942. The zero-order chi connectivity index (χ0) is 17.3. The van der Waals surface area contributed by atoms with Crippen LogP contribution in [0.25, 0.3) is 0 Å². The van der Waals surface area contributed by atoms with E-state index in [4.69, 9.17) is 23.2 Å². The van der Waals surface area contributed by atoms with Gasteiger partial charge in [-0.3, -0.25) is 14.9 Å². The first-order valence-electron chi connectivity index (χ1n) is 7.63. The van der Waals surface area contributed by atoms with E-state index < -0.39 is 17.9 Å². The predicted octanol–water partition coefficient (Wildman–Crippen LogP) is 4.87. The molecule has 1 fully saturated rings. The van der Waals surface area contributed by atoms with E-state index in [1.165, 1.54) is 0 Å². The Morgan fingerprint density at radius 1 is 0.875 bits per heavy atom. The molecule has 1 saturated carbocycles. The number of benzene rings is 2. The molecular formula is C18H15Cl2NO3. The number of nitro groups is 1. The van der Waals surface area contributed by atoms with Crippen LogP contribution < -0.4 is 0 Å². The van der Waals surface area contributed by atoms with Crippen LogP contribution in [-0.4, -0.2) is 16.7 Å². The van der Waals surface area contributed by atoms with Crippen LogP contribution in [0.15, 0.2) is 48.5 Å². The van der Waals surface area contributed by atoms with E-state index in [2.05, 4.69) is 0 Å². The molecule has 4 nitrogen and oxygen atoms in total. The van der Waals surface area contributed by atoms with E-state index in [0.29, 0.717) is 21.2 Å². The standard InChI is InChI=1S/C18H15Cl2NO3/c19-16-7-3-1-5-12(16)14-9-11(22)10-15(18(14)21(23)24)13-6-2-4-8-17(13)20/h1-8,14-15,18H,9-10H2/t14-,15-/m0/s1. The van der Waals surface area contributed by atoms with Gasteiger partial charge < -0.3 is 0 Å². The molecule has 0 spiro atoms. The highest BCUT2D eigenvalue weighted by atomic mass is 35.5. The molecule has 0 unspecified atom stereocenters. The van der Waals surface area contributed by atoms with E-state index >= 15 is 0 Å². The second kappa shape index (κ2) is 6.91. The minimum Gasteiger partial charge on any atom is -0.300 e. The average molecular weight is 364 g/mol. The quantitative estimate of drug-likeness (QED) is 0.577. The smallest absolute Gasteiger partial charge is 0.227 e. The molecule has 0 radical (unpaired) electrons. The number of carbonyl (C=O) groups excluding carboxylic acids is 1. The first kappa shape index (κ1) is 16.9. The van der Waals surface area contributed by atoms with Gasteiger partial charge >= 0.3 is 0 Å². The molecule has 124 valence electrons. The summed E-state index contributed by atoms with van der Waals surface area (Å²) in [4.78, 5) is 23.9. The van der Waals surface area contributed by atoms with Crippen LogP contribution in [0.2, 0.25) is 10.0 Å². The highest BCUT2D eigenvalue weighted by molar-refractivity contribution is 6.31. The van der Waals surface area contributed by atoms with Crippen molar-refractivity contribution in [3.8, 4) is 0 Å². The Morgan fingerprint density at radius 2 is 1.29 bits per heavy atom. The molecular weight excluding hydrogens is 349 g/mol. The summed E-state index contributed by atoms with van der Waals surface area (Å²) in [5, 5.41) is 12.8. The van der Waals surface area contributed by atoms with Gasteiger partial charge in [-0.2, -0.15) is 0 Å². The first-order chi connectivity index (χ1) is 11.5. The first-order valence-corrected chi connectivity index (χ1v) is 8.38. The van der Waals surface area contributed by atoms with Crippen LogP contribution in [0.1, 0.15) is 35.8 Å². The normalized spacial score (nSPS) is 21.7. The average Bonchev–Trinajstić information content (AvgIpc) is 2.54. The second-order valence-electron chi connectivity index (χ2n) is 5.98. The van der Waals surface area contributed by atoms with Crippen molar-refractivity contribution in [2.45, 2.75) is 30.7 Å². The maximum absolute atomic E-state index is 12.3. The van der Waals surface area contributed by atoms with Gasteiger partial charge in [0.05, 0.1) is 11.8 Å². The Morgan fingerprint density at radius 3 is 1.67 bits per heavy atom. The third kappa shape index (κ3) is 3.17. The lowest BCUT2D eigenvalue weighted by atomic mass is 9.71. The number of hydrogen-bond donors (Lipinski definition) is 0. The molecule has 1 aliphatic rings. The van der Waals surface area contributed by atoms with Gasteiger partial charge in [0.1, 0.15) is 5.78 Å². The highest BCUT2D eigenvalue weighted by Crippen LogP contribution is 2.44. The van der Waals surface area contributed by atoms with Crippen molar-refractivity contribution in [2.75, 3.05) is 0 Å². The molecule has 24 heavy (non-hydrogen) atoms. The molecule has 0 aromatic heterocycles. The minimum absolute atomic E-state index is 0.0112. The molecule has 0 N–H and O–H groups in total. The van der Waals surface area contributed by atoms with Crippen LogP contribution in [0.4, 0.5) is 0 Å². The lowest BCUT2D eigenvalue weighted by Gasteiger charge is -2.32. The van der Waals surface area contributed by atoms with Crippen LogP contribution in [0, 0.1) is 10.1 Å². The summed E-state index contributed by atoms with van der Waals surface area (Å²) in [5.74, 6) is -1.13. The summed E-state index contributed by atoms with van der Waals surface area (Å²) in [6, 6.07) is 13.0. The number of carbonyl (C=O) groups is 1. The Bertz CT molecular complexity index is 736. The van der Waals surface area contributed by atoms with Crippen molar-refractivity contribution < 1.29 is 9.72 Å². The second-order valence-corrected chi connectivity index (χ2v) is 6.79. The summed E-state index contributed by atoms with van der Waals surface area (Å²) in [6.45, 7) is 0. The Kier molecular flexibility index (Phi) is 4.88. The van der Waals surface area contributed by atoms with Crippen molar-refractivity contribution in [1.29, 1.82) is 0 Å². The van der Waals surface area contributed by atoms with Gasteiger partial charge in [0.2, 0.25) is 6.04 Å². The van der Waals surface area contributed by atoms with E-state index in [1.54, 1.807) is 48.5 Å². The molecule has 3 rings (SSSR count). The van der Waals surface area contributed by atoms with Gasteiger partial charge in [0, 0.05) is 27.8 Å². The van der Waals surface area contributed by atoms with E-state index in [1.807, 2.05) is 0 Å². The molecule has 0 amide bonds. The third-order valence-electron chi connectivity index (χ3n) is 4.57. The number of ketones is 1. The lowest BCUT2D eigenvalue weighted by Crippen LogP contribution is -2.40. The topological polar surface area (TPSA) is 60.2 Å². The predicted molar refractivity (Wildman–Crippen MR) is 93.4 cm³/mol. The summed E-state index contributed by atoms with van der Waals surface area (Å²) >= 11 is 12.5. The fraction of sp³-hybridized carbons (Fsp3) is 0.278. The van der Waals surface area contributed by atoms with Crippen molar-refractivity contribution in [2.24, 2.45) is 0 Å². The van der Waals surface area contributed by atoms with Gasteiger partial charge in [-0.05, 0) is 23.3 Å². The summed E-state index contributed by atoms with van der Waals surface area (Å²) < 4.78 is 0. The maximum atomic E-state index is 12.3. The zero-order valence-electron chi connectivity index (χ0n) is 12.7. The molecule has 6 heteroatoms. The van der Waals surface area contributed by atoms with Crippen LogP contribution >= 0.6 is 23.2 Å². The van der Waals surface area contributed by atoms with Crippen LogP contribution in [-0.2, 0) is 4.79 Å². The molecule has 2 aromatic carbocycles. The largest absolute Gasteiger partial charge is 0.300 e. The van der Waals surface area contributed by atoms with Gasteiger partial charge in [0.25, 0.3) is 0 Å². The van der Waals surface area contributed by atoms with E-state index in [-0.39, 0.29) is 23.5 Å². The zero-order valence-corrected chi connectivity index (χ0v) is 14.2. The van der Waals surface area contributed by atoms with Crippen molar-refractivity contribution in [1.82, 2.24) is 0 Å². The molecule has 0 heterocycles. The van der Waals surface area contributed by atoms with Crippen molar-refractivity contribution in [3.05, 3.63) is 79.8 Å². The number of Topliss-reactive ketones (excluding diaryl/α,β-unsaturated/α-hetero) is 1. The van der Waals surface area contributed by atoms with Gasteiger partial charge in [-0.1, -0.05) is 59.6 Å².